The Bertz CT molecular complexity index is 471. The molecule has 0 radical (unpaired) electrons. The Morgan fingerprint density at radius 2 is 2.15 bits per heavy atom. The summed E-state index contributed by atoms with van der Waals surface area (Å²) in [5, 5.41) is 4.15. The lowest BCUT2D eigenvalue weighted by molar-refractivity contribution is -0.633. The zero-order chi connectivity index (χ0) is 9.59. The lowest BCUT2D eigenvalue weighted by atomic mass is 10.4. The third-order valence-electron chi connectivity index (χ3n) is 2.06. The summed E-state index contributed by atoms with van der Waals surface area (Å²) < 4.78 is 3.50. The van der Waals surface area contributed by atoms with Crippen molar-refractivity contribution in [3.05, 3.63) is 17.5 Å². The quantitative estimate of drug-likeness (QED) is 0.566. The van der Waals surface area contributed by atoms with E-state index < -0.39 is 0 Å². The summed E-state index contributed by atoms with van der Waals surface area (Å²) >= 11 is 0. The van der Waals surface area contributed by atoms with Gasteiger partial charge in [-0.3, -0.25) is 0 Å². The molecule has 2 N–H and O–H groups in total. The largest absolute Gasteiger partial charge is 0.358 e. The molecule has 2 aromatic rings. The third kappa shape index (κ3) is 1.04. The number of nitrogens with zero attached hydrogens (tertiary/aromatic N) is 4. The molecular formula is C8H12N5+. The molecule has 5 heteroatoms. The number of aromatic nitrogens is 4. The van der Waals surface area contributed by atoms with Crippen LogP contribution in [-0.2, 0) is 7.05 Å². The van der Waals surface area contributed by atoms with E-state index in [1.165, 1.54) is 0 Å². The summed E-state index contributed by atoms with van der Waals surface area (Å²) in [5.74, 6) is 1.25. The molecule has 0 aliphatic heterocycles. The van der Waals surface area contributed by atoms with Gasteiger partial charge >= 0.3 is 11.7 Å². The average Bonchev–Trinajstić information content (AvgIpc) is 2.32. The molecule has 2 rings (SSSR count). The lowest BCUT2D eigenvalue weighted by Gasteiger charge is -1.93. The molecule has 68 valence electrons. The highest BCUT2D eigenvalue weighted by atomic mass is 15.4. The number of rotatable bonds is 0. The first kappa shape index (κ1) is 7.97. The Hall–Kier alpha value is -1.65. The normalized spacial score (nSPS) is 11.0. The fourth-order valence-corrected chi connectivity index (χ4v) is 1.37. The molecule has 0 aliphatic carbocycles. The molecule has 0 aliphatic rings. The van der Waals surface area contributed by atoms with Gasteiger partial charge in [0, 0.05) is 18.2 Å². The van der Waals surface area contributed by atoms with Crippen molar-refractivity contribution in [2.24, 2.45) is 7.05 Å². The maximum absolute atomic E-state index is 5.66. The van der Waals surface area contributed by atoms with Gasteiger partial charge in [-0.05, 0) is 13.8 Å². The van der Waals surface area contributed by atoms with Crippen molar-refractivity contribution in [1.29, 1.82) is 0 Å². The molecule has 0 atom stereocenters. The first-order chi connectivity index (χ1) is 6.09. The van der Waals surface area contributed by atoms with Crippen molar-refractivity contribution in [2.75, 3.05) is 5.73 Å². The molecule has 0 aromatic carbocycles. The second-order valence-corrected chi connectivity index (χ2v) is 3.17. The van der Waals surface area contributed by atoms with Gasteiger partial charge in [-0.1, -0.05) is 0 Å². The van der Waals surface area contributed by atoms with Crippen LogP contribution in [0.3, 0.4) is 0 Å². The van der Waals surface area contributed by atoms with Crippen LogP contribution in [0.25, 0.3) is 5.78 Å². The Labute approximate surface area is 75.8 Å². The standard InChI is InChI=1S/C8H12N5/c1-5-4-6(2)13-8(10-5)12(3)7(9)11-13/h4H,1-3H3,(H2,9,11)/q+1. The molecule has 0 unspecified atom stereocenters. The molecule has 2 aromatic heterocycles. The van der Waals surface area contributed by atoms with Crippen LogP contribution < -0.4 is 10.3 Å². The molecule has 5 nitrogen and oxygen atoms in total. The molecule has 0 amide bonds. The second-order valence-electron chi connectivity index (χ2n) is 3.17. The molecule has 0 saturated heterocycles. The minimum Gasteiger partial charge on any atom is -0.318 e. The SMILES string of the molecule is Cc1cc(C)n2nc(N)[n+](C)c2n1. The van der Waals surface area contributed by atoms with E-state index in [4.69, 9.17) is 5.73 Å². The minimum atomic E-state index is 0.473. The predicted molar refractivity (Wildman–Crippen MR) is 48.0 cm³/mol. The minimum absolute atomic E-state index is 0.473. The van der Waals surface area contributed by atoms with Crippen molar-refractivity contribution < 1.29 is 4.57 Å². The lowest BCUT2D eigenvalue weighted by Crippen LogP contribution is -2.31. The van der Waals surface area contributed by atoms with Crippen LogP contribution in [0, 0.1) is 13.8 Å². The van der Waals surface area contributed by atoms with Crippen molar-refractivity contribution >= 4 is 11.7 Å². The van der Waals surface area contributed by atoms with E-state index in [0.717, 1.165) is 17.2 Å². The van der Waals surface area contributed by atoms with Gasteiger partial charge in [0.15, 0.2) is 0 Å². The highest BCUT2D eigenvalue weighted by Crippen LogP contribution is 2.03. The zero-order valence-corrected chi connectivity index (χ0v) is 7.94. The van der Waals surface area contributed by atoms with E-state index in [9.17, 15) is 0 Å². The maximum Gasteiger partial charge on any atom is 0.358 e. The van der Waals surface area contributed by atoms with Gasteiger partial charge in [0.25, 0.3) is 0 Å². The summed E-state index contributed by atoms with van der Waals surface area (Å²) in [7, 11) is 1.85. The zero-order valence-electron chi connectivity index (χ0n) is 7.94. The molecular weight excluding hydrogens is 166 g/mol. The highest BCUT2D eigenvalue weighted by molar-refractivity contribution is 5.28. The van der Waals surface area contributed by atoms with Gasteiger partial charge in [-0.15, -0.1) is 9.50 Å². The summed E-state index contributed by atoms with van der Waals surface area (Å²) in [5.41, 5.74) is 7.67. The van der Waals surface area contributed by atoms with Gasteiger partial charge in [-0.25, -0.2) is 4.57 Å². The van der Waals surface area contributed by atoms with Crippen molar-refractivity contribution in [1.82, 2.24) is 14.6 Å². The van der Waals surface area contributed by atoms with Crippen molar-refractivity contribution in [2.45, 2.75) is 13.8 Å². The number of aryl methyl sites for hydroxylation is 3. The van der Waals surface area contributed by atoms with E-state index in [2.05, 4.69) is 10.1 Å². The molecule has 0 bridgehead atoms. The molecule has 13 heavy (non-hydrogen) atoms. The maximum atomic E-state index is 5.66. The van der Waals surface area contributed by atoms with E-state index in [0.29, 0.717) is 5.95 Å². The second kappa shape index (κ2) is 2.42. The Morgan fingerprint density at radius 3 is 2.85 bits per heavy atom. The highest BCUT2D eigenvalue weighted by Gasteiger charge is 2.15. The van der Waals surface area contributed by atoms with Gasteiger partial charge < -0.3 is 5.73 Å². The van der Waals surface area contributed by atoms with Crippen LogP contribution in [0.1, 0.15) is 11.4 Å². The molecule has 0 saturated carbocycles. The predicted octanol–water partition coefficient (Wildman–Crippen LogP) is -0.247. The molecule has 0 fully saturated rings. The fourth-order valence-electron chi connectivity index (χ4n) is 1.37. The van der Waals surface area contributed by atoms with E-state index >= 15 is 0 Å². The van der Waals surface area contributed by atoms with Crippen LogP contribution in [0.2, 0.25) is 0 Å². The van der Waals surface area contributed by atoms with Gasteiger partial charge in [0.05, 0.1) is 11.4 Å². The molecule has 0 spiro atoms. The first-order valence-corrected chi connectivity index (χ1v) is 4.08. The van der Waals surface area contributed by atoms with Crippen LogP contribution in [0.15, 0.2) is 6.07 Å². The van der Waals surface area contributed by atoms with Crippen molar-refractivity contribution in [3.63, 3.8) is 0 Å². The van der Waals surface area contributed by atoms with Gasteiger partial charge in [0.2, 0.25) is 0 Å². The summed E-state index contributed by atoms with van der Waals surface area (Å²) in [6.45, 7) is 3.93. The summed E-state index contributed by atoms with van der Waals surface area (Å²) in [6, 6.07) is 1.97. The average molecular weight is 178 g/mol. The molecule has 2 heterocycles. The summed E-state index contributed by atoms with van der Waals surface area (Å²) in [4.78, 5) is 4.34. The van der Waals surface area contributed by atoms with E-state index in [1.807, 2.05) is 27.0 Å². The van der Waals surface area contributed by atoms with Crippen LogP contribution in [0.4, 0.5) is 5.95 Å². The topological polar surface area (TPSA) is 60.1 Å². The fraction of sp³-hybridized carbons (Fsp3) is 0.375. The Morgan fingerprint density at radius 1 is 1.46 bits per heavy atom. The first-order valence-electron chi connectivity index (χ1n) is 4.08. The van der Waals surface area contributed by atoms with Crippen molar-refractivity contribution in [3.8, 4) is 0 Å². The van der Waals surface area contributed by atoms with Gasteiger partial charge in [-0.2, -0.15) is 0 Å². The number of nitrogens with two attached hydrogens (primary N) is 1. The monoisotopic (exact) mass is 178 g/mol. The Kier molecular flexibility index (Phi) is 1.48. The number of fused-ring (bicyclic) bond motifs is 1. The van der Waals surface area contributed by atoms with E-state index in [1.54, 1.807) is 9.08 Å². The number of hydrogen-bond donors (Lipinski definition) is 1. The van der Waals surface area contributed by atoms with Crippen LogP contribution >= 0.6 is 0 Å². The van der Waals surface area contributed by atoms with Crippen LogP contribution in [0.5, 0.6) is 0 Å². The Balaban J connectivity index is 2.94. The third-order valence-corrected chi connectivity index (χ3v) is 2.06. The van der Waals surface area contributed by atoms with E-state index in [-0.39, 0.29) is 0 Å². The number of nitrogen functional groups attached to an aromatic ring is 1. The number of anilines is 1. The smallest absolute Gasteiger partial charge is 0.318 e. The summed E-state index contributed by atoms with van der Waals surface area (Å²) in [6.07, 6.45) is 0. The van der Waals surface area contributed by atoms with Crippen LogP contribution in [-0.4, -0.2) is 14.6 Å². The van der Waals surface area contributed by atoms with Gasteiger partial charge in [0.1, 0.15) is 0 Å². The number of hydrogen-bond acceptors (Lipinski definition) is 3.